The molecule has 2 heterocycles. The first-order valence-corrected chi connectivity index (χ1v) is 8.51. The highest BCUT2D eigenvalue weighted by molar-refractivity contribution is 5.84. The molecule has 0 radical (unpaired) electrons. The largest absolute Gasteiger partial charge is 0.317 e. The number of benzene rings is 1. The van der Waals surface area contributed by atoms with Gasteiger partial charge in [0.2, 0.25) is 0 Å². The number of hydrogen-bond donors (Lipinski definition) is 1. The molecule has 0 unspecified atom stereocenters. The van der Waals surface area contributed by atoms with Crippen LogP contribution in [0.4, 0.5) is 0 Å². The van der Waals surface area contributed by atoms with E-state index < -0.39 is 0 Å². The maximum atomic E-state index is 4.69. The summed E-state index contributed by atoms with van der Waals surface area (Å²) in [6.45, 7) is 9.01. The van der Waals surface area contributed by atoms with Crippen LogP contribution in [0.3, 0.4) is 0 Å². The smallest absolute Gasteiger partial charge is 0.0622 e. The lowest BCUT2D eigenvalue weighted by molar-refractivity contribution is 0.136. The summed E-state index contributed by atoms with van der Waals surface area (Å²) in [5.41, 5.74) is 1.22. The van der Waals surface area contributed by atoms with E-state index in [-0.39, 0.29) is 0 Å². The van der Waals surface area contributed by atoms with E-state index in [0.29, 0.717) is 12.0 Å². The molecular weight excluding hydrogens is 270 g/mol. The minimum absolute atomic E-state index is 0.685. The Morgan fingerprint density at radius 1 is 1.18 bits per heavy atom. The molecule has 0 spiro atoms. The van der Waals surface area contributed by atoms with Gasteiger partial charge >= 0.3 is 0 Å². The summed E-state index contributed by atoms with van der Waals surface area (Å²) in [6, 6.07) is 11.4. The quantitative estimate of drug-likeness (QED) is 0.916. The van der Waals surface area contributed by atoms with Gasteiger partial charge in [0.15, 0.2) is 0 Å². The lowest BCUT2D eigenvalue weighted by atomic mass is 10.0. The van der Waals surface area contributed by atoms with Gasteiger partial charge < -0.3 is 5.32 Å². The third kappa shape index (κ3) is 3.65. The molecule has 3 nitrogen and oxygen atoms in total. The molecule has 1 aromatic heterocycles. The second-order valence-electron chi connectivity index (χ2n) is 6.78. The number of rotatable bonds is 5. The van der Waals surface area contributed by atoms with Crippen molar-refractivity contribution in [3.63, 3.8) is 0 Å². The lowest BCUT2D eigenvalue weighted by Gasteiger charge is -2.35. The van der Waals surface area contributed by atoms with Crippen LogP contribution in [0.1, 0.15) is 32.4 Å². The molecule has 1 N–H and O–H groups in total. The molecule has 1 aromatic carbocycles. The third-order valence-electron chi connectivity index (χ3n) is 4.53. The SMILES string of the molecule is CC(C)CN(Cc1nccc2ccccc12)C1CCNCC1. The number of aromatic nitrogens is 1. The summed E-state index contributed by atoms with van der Waals surface area (Å²) < 4.78 is 0. The topological polar surface area (TPSA) is 28.2 Å². The zero-order valence-electron chi connectivity index (χ0n) is 13.8. The molecule has 1 aliphatic rings. The molecular formula is C19H27N3. The van der Waals surface area contributed by atoms with E-state index in [1.807, 2.05) is 6.20 Å². The van der Waals surface area contributed by atoms with Crippen LogP contribution in [0.15, 0.2) is 36.5 Å². The van der Waals surface area contributed by atoms with Gasteiger partial charge in [-0.25, -0.2) is 0 Å². The van der Waals surface area contributed by atoms with E-state index in [1.54, 1.807) is 0 Å². The summed E-state index contributed by atoms with van der Waals surface area (Å²) in [4.78, 5) is 7.34. The molecule has 1 fully saturated rings. The monoisotopic (exact) mass is 297 g/mol. The van der Waals surface area contributed by atoms with Crippen LogP contribution in [0.2, 0.25) is 0 Å². The van der Waals surface area contributed by atoms with Crippen LogP contribution >= 0.6 is 0 Å². The minimum Gasteiger partial charge on any atom is -0.317 e. The van der Waals surface area contributed by atoms with Gasteiger partial charge in [-0.3, -0.25) is 9.88 Å². The van der Waals surface area contributed by atoms with Crippen molar-refractivity contribution >= 4 is 10.8 Å². The van der Waals surface area contributed by atoms with Crippen molar-refractivity contribution < 1.29 is 0 Å². The average molecular weight is 297 g/mol. The van der Waals surface area contributed by atoms with Gasteiger partial charge in [0.1, 0.15) is 0 Å². The zero-order valence-corrected chi connectivity index (χ0v) is 13.8. The Bertz CT molecular complexity index is 597. The van der Waals surface area contributed by atoms with Crippen molar-refractivity contribution in [2.45, 2.75) is 39.3 Å². The Kier molecular flexibility index (Phi) is 5.06. The van der Waals surface area contributed by atoms with Gasteiger partial charge in [-0.2, -0.15) is 0 Å². The highest BCUT2D eigenvalue weighted by atomic mass is 15.2. The second kappa shape index (κ2) is 7.21. The van der Waals surface area contributed by atoms with Crippen LogP contribution in [0, 0.1) is 5.92 Å². The van der Waals surface area contributed by atoms with Gasteiger partial charge in [0.25, 0.3) is 0 Å². The Labute approximate surface area is 133 Å². The molecule has 22 heavy (non-hydrogen) atoms. The van der Waals surface area contributed by atoms with E-state index in [1.165, 1.54) is 29.3 Å². The average Bonchev–Trinajstić information content (AvgIpc) is 2.55. The lowest BCUT2D eigenvalue weighted by Crippen LogP contribution is -2.44. The van der Waals surface area contributed by atoms with Crippen molar-refractivity contribution in [3.8, 4) is 0 Å². The molecule has 0 bridgehead atoms. The molecule has 0 amide bonds. The molecule has 3 rings (SSSR count). The number of pyridine rings is 1. The van der Waals surface area contributed by atoms with Crippen LogP contribution in [0.25, 0.3) is 10.8 Å². The predicted molar refractivity (Wildman–Crippen MR) is 92.9 cm³/mol. The standard InChI is InChI=1S/C19H27N3/c1-15(2)13-22(17-8-10-20-11-9-17)14-19-18-6-4-3-5-16(18)7-12-21-19/h3-7,12,15,17,20H,8-11,13-14H2,1-2H3. The van der Waals surface area contributed by atoms with E-state index >= 15 is 0 Å². The van der Waals surface area contributed by atoms with Crippen LogP contribution in [-0.4, -0.2) is 35.6 Å². The van der Waals surface area contributed by atoms with E-state index in [0.717, 1.165) is 26.2 Å². The van der Waals surface area contributed by atoms with Gasteiger partial charge in [0.05, 0.1) is 5.69 Å². The first kappa shape index (κ1) is 15.4. The molecule has 1 saturated heterocycles. The van der Waals surface area contributed by atoms with Crippen molar-refractivity contribution in [3.05, 3.63) is 42.2 Å². The molecule has 0 aliphatic carbocycles. The second-order valence-corrected chi connectivity index (χ2v) is 6.78. The summed E-state index contributed by atoms with van der Waals surface area (Å²) in [6.07, 6.45) is 4.45. The Morgan fingerprint density at radius 3 is 2.73 bits per heavy atom. The van der Waals surface area contributed by atoms with Crippen molar-refractivity contribution in [2.75, 3.05) is 19.6 Å². The van der Waals surface area contributed by atoms with Crippen molar-refractivity contribution in [2.24, 2.45) is 5.92 Å². The van der Waals surface area contributed by atoms with E-state index in [4.69, 9.17) is 4.98 Å². The number of piperidine rings is 1. The van der Waals surface area contributed by atoms with Gasteiger partial charge in [-0.15, -0.1) is 0 Å². The number of fused-ring (bicyclic) bond motifs is 1. The minimum atomic E-state index is 0.685. The maximum Gasteiger partial charge on any atom is 0.0622 e. The molecule has 1 aliphatic heterocycles. The first-order chi connectivity index (χ1) is 10.7. The fourth-order valence-corrected chi connectivity index (χ4v) is 3.48. The van der Waals surface area contributed by atoms with Gasteiger partial charge in [0, 0.05) is 30.7 Å². The molecule has 3 heteroatoms. The maximum absolute atomic E-state index is 4.69. The summed E-state index contributed by atoms with van der Waals surface area (Å²) in [7, 11) is 0. The van der Waals surface area contributed by atoms with Crippen molar-refractivity contribution in [1.29, 1.82) is 0 Å². The molecule has 0 saturated carbocycles. The van der Waals surface area contributed by atoms with Crippen molar-refractivity contribution in [1.82, 2.24) is 15.2 Å². The number of nitrogens with one attached hydrogen (secondary N) is 1. The zero-order chi connectivity index (χ0) is 15.4. The summed E-state index contributed by atoms with van der Waals surface area (Å²) in [5, 5.41) is 6.07. The van der Waals surface area contributed by atoms with Gasteiger partial charge in [-0.1, -0.05) is 38.1 Å². The third-order valence-corrected chi connectivity index (χ3v) is 4.53. The highest BCUT2D eigenvalue weighted by Crippen LogP contribution is 2.21. The number of hydrogen-bond acceptors (Lipinski definition) is 3. The Morgan fingerprint density at radius 2 is 1.95 bits per heavy atom. The number of nitrogens with zero attached hydrogens (tertiary/aromatic N) is 2. The molecule has 118 valence electrons. The van der Waals surface area contributed by atoms with Crippen LogP contribution < -0.4 is 5.32 Å². The highest BCUT2D eigenvalue weighted by Gasteiger charge is 2.22. The summed E-state index contributed by atoms with van der Waals surface area (Å²) >= 11 is 0. The Hall–Kier alpha value is -1.45. The molecule has 2 aromatic rings. The fraction of sp³-hybridized carbons (Fsp3) is 0.526. The first-order valence-electron chi connectivity index (χ1n) is 8.51. The predicted octanol–water partition coefficient (Wildman–Crippen LogP) is 3.44. The summed E-state index contributed by atoms with van der Waals surface area (Å²) in [5.74, 6) is 0.685. The fourth-order valence-electron chi connectivity index (χ4n) is 3.48. The Balaban J connectivity index is 1.84. The van der Waals surface area contributed by atoms with Crippen LogP contribution in [-0.2, 0) is 6.54 Å². The van der Waals surface area contributed by atoms with Gasteiger partial charge in [-0.05, 0) is 43.3 Å². The van der Waals surface area contributed by atoms with E-state index in [2.05, 4.69) is 54.4 Å². The van der Waals surface area contributed by atoms with Crippen LogP contribution in [0.5, 0.6) is 0 Å². The normalized spacial score (nSPS) is 16.7. The van der Waals surface area contributed by atoms with E-state index in [9.17, 15) is 0 Å². The molecule has 0 atom stereocenters.